The van der Waals surface area contributed by atoms with Crippen molar-refractivity contribution in [2.45, 2.75) is 6.61 Å². The van der Waals surface area contributed by atoms with Crippen LogP contribution < -0.4 is 4.74 Å². The van der Waals surface area contributed by atoms with Gasteiger partial charge in [-0.05, 0) is 12.1 Å². The van der Waals surface area contributed by atoms with Gasteiger partial charge in [0.05, 0.1) is 0 Å². The molecular formula is C7H5FO. The van der Waals surface area contributed by atoms with E-state index in [0.29, 0.717) is 17.9 Å². The maximum absolute atomic E-state index is 12.6. The van der Waals surface area contributed by atoms with Crippen LogP contribution in [0.2, 0.25) is 0 Å². The summed E-state index contributed by atoms with van der Waals surface area (Å²) in [6, 6.07) is 4.91. The summed E-state index contributed by atoms with van der Waals surface area (Å²) in [7, 11) is 0. The van der Waals surface area contributed by atoms with Gasteiger partial charge in [-0.25, -0.2) is 4.39 Å². The van der Waals surface area contributed by atoms with Crippen molar-refractivity contribution in [3.8, 4) is 5.75 Å². The third kappa shape index (κ3) is 0.593. The molecule has 0 aliphatic carbocycles. The SMILES string of the molecule is Fc1cc2ccc1CO2. The Bertz CT molecular complexity index is 245. The minimum atomic E-state index is -0.154. The van der Waals surface area contributed by atoms with Gasteiger partial charge in [0.1, 0.15) is 18.2 Å². The van der Waals surface area contributed by atoms with Gasteiger partial charge in [0.15, 0.2) is 0 Å². The Morgan fingerprint density at radius 1 is 1.44 bits per heavy atom. The number of benzene rings is 1. The molecule has 1 aromatic rings. The molecule has 0 amide bonds. The van der Waals surface area contributed by atoms with E-state index in [0.717, 1.165) is 0 Å². The number of hydrogen-bond donors (Lipinski definition) is 0. The van der Waals surface area contributed by atoms with Crippen LogP contribution in [0, 0.1) is 5.82 Å². The molecular weight excluding hydrogens is 119 g/mol. The summed E-state index contributed by atoms with van der Waals surface area (Å²) < 4.78 is 17.6. The lowest BCUT2D eigenvalue weighted by molar-refractivity contribution is 0.282. The lowest BCUT2D eigenvalue weighted by atomic mass is 10.2. The van der Waals surface area contributed by atoms with Crippen LogP contribution in [0.3, 0.4) is 0 Å². The van der Waals surface area contributed by atoms with Gasteiger partial charge in [-0.3, -0.25) is 0 Å². The first-order chi connectivity index (χ1) is 4.36. The molecule has 0 fully saturated rings. The molecule has 1 aromatic carbocycles. The van der Waals surface area contributed by atoms with Gasteiger partial charge in [0, 0.05) is 11.6 Å². The van der Waals surface area contributed by atoms with Crippen molar-refractivity contribution in [1.82, 2.24) is 0 Å². The zero-order valence-electron chi connectivity index (χ0n) is 4.73. The lowest BCUT2D eigenvalue weighted by Gasteiger charge is -2.13. The smallest absolute Gasteiger partial charge is 0.133 e. The van der Waals surface area contributed by atoms with E-state index in [-0.39, 0.29) is 5.82 Å². The van der Waals surface area contributed by atoms with Gasteiger partial charge in [0.2, 0.25) is 0 Å². The first-order valence-corrected chi connectivity index (χ1v) is 2.77. The van der Waals surface area contributed by atoms with E-state index >= 15 is 0 Å². The second-order valence-corrected chi connectivity index (χ2v) is 2.04. The summed E-state index contributed by atoms with van der Waals surface area (Å²) in [6.45, 7) is 0.397. The van der Waals surface area contributed by atoms with Crippen molar-refractivity contribution < 1.29 is 9.13 Å². The molecule has 0 radical (unpaired) electrons. The molecule has 0 atom stereocenters. The van der Waals surface area contributed by atoms with E-state index in [1.54, 1.807) is 12.1 Å². The van der Waals surface area contributed by atoms with Gasteiger partial charge in [0.25, 0.3) is 0 Å². The fourth-order valence-electron chi connectivity index (χ4n) is 0.896. The Balaban J connectivity index is 2.70. The number of fused-ring (bicyclic) bond motifs is 3. The monoisotopic (exact) mass is 124 g/mol. The van der Waals surface area contributed by atoms with Crippen molar-refractivity contribution in [2.75, 3.05) is 0 Å². The van der Waals surface area contributed by atoms with Crippen LogP contribution >= 0.6 is 0 Å². The molecule has 1 nitrogen and oxygen atoms in total. The Labute approximate surface area is 52.1 Å². The minimum absolute atomic E-state index is 0.154. The molecule has 2 heterocycles. The van der Waals surface area contributed by atoms with E-state index < -0.39 is 0 Å². The molecule has 3 rings (SSSR count). The lowest BCUT2D eigenvalue weighted by Crippen LogP contribution is -2.04. The Morgan fingerprint density at radius 2 is 2.33 bits per heavy atom. The average Bonchev–Trinajstić information content (AvgIpc) is 1.90. The van der Waals surface area contributed by atoms with Gasteiger partial charge in [-0.2, -0.15) is 0 Å². The summed E-state index contributed by atoms with van der Waals surface area (Å²) in [6.07, 6.45) is 0. The van der Waals surface area contributed by atoms with Crippen molar-refractivity contribution in [3.05, 3.63) is 29.6 Å². The zero-order valence-corrected chi connectivity index (χ0v) is 4.73. The fraction of sp³-hybridized carbons (Fsp3) is 0.143. The van der Waals surface area contributed by atoms with Crippen LogP contribution in [0.15, 0.2) is 18.2 Å². The summed E-state index contributed by atoms with van der Waals surface area (Å²) >= 11 is 0. The highest BCUT2D eigenvalue weighted by atomic mass is 19.1. The van der Waals surface area contributed by atoms with E-state index in [9.17, 15) is 4.39 Å². The van der Waals surface area contributed by atoms with Crippen LogP contribution in [-0.4, -0.2) is 0 Å². The molecule has 0 unspecified atom stereocenters. The predicted octanol–water partition coefficient (Wildman–Crippen LogP) is 1.72. The largest absolute Gasteiger partial charge is 0.489 e. The number of hydrogen-bond acceptors (Lipinski definition) is 1. The Kier molecular flexibility index (Phi) is 0.781. The zero-order chi connectivity index (χ0) is 6.27. The number of rotatable bonds is 0. The van der Waals surface area contributed by atoms with Crippen molar-refractivity contribution in [3.63, 3.8) is 0 Å². The highest BCUT2D eigenvalue weighted by Gasteiger charge is 2.10. The summed E-state index contributed by atoms with van der Waals surface area (Å²) in [5.74, 6) is 0.473. The fourth-order valence-corrected chi connectivity index (χ4v) is 0.896. The third-order valence-electron chi connectivity index (χ3n) is 1.42. The Hall–Kier alpha value is -1.05. The van der Waals surface area contributed by atoms with Gasteiger partial charge < -0.3 is 4.74 Å². The number of halogens is 1. The van der Waals surface area contributed by atoms with Crippen molar-refractivity contribution in [2.24, 2.45) is 0 Å². The second-order valence-electron chi connectivity index (χ2n) is 2.04. The van der Waals surface area contributed by atoms with Gasteiger partial charge in [-0.15, -0.1) is 0 Å². The van der Waals surface area contributed by atoms with Crippen LogP contribution in [0.25, 0.3) is 0 Å². The predicted molar refractivity (Wildman–Crippen MR) is 30.7 cm³/mol. The molecule has 0 aromatic heterocycles. The van der Waals surface area contributed by atoms with Crippen LogP contribution in [0.4, 0.5) is 4.39 Å². The molecule has 0 saturated carbocycles. The molecule has 2 bridgehead atoms. The topological polar surface area (TPSA) is 9.23 Å². The molecule has 0 spiro atoms. The quantitative estimate of drug-likeness (QED) is 0.511. The molecule has 2 aliphatic rings. The summed E-state index contributed by atoms with van der Waals surface area (Å²) in [4.78, 5) is 0. The van der Waals surface area contributed by atoms with E-state index in [2.05, 4.69) is 0 Å². The first kappa shape index (κ1) is 4.79. The highest BCUT2D eigenvalue weighted by molar-refractivity contribution is 5.32. The summed E-state index contributed by atoms with van der Waals surface area (Å²) in [5, 5.41) is 0. The van der Waals surface area contributed by atoms with E-state index in [1.165, 1.54) is 6.07 Å². The van der Waals surface area contributed by atoms with Crippen molar-refractivity contribution >= 4 is 0 Å². The third-order valence-corrected chi connectivity index (χ3v) is 1.42. The second kappa shape index (κ2) is 1.47. The van der Waals surface area contributed by atoms with E-state index in [1.807, 2.05) is 0 Å². The van der Waals surface area contributed by atoms with Crippen LogP contribution in [-0.2, 0) is 6.61 Å². The maximum Gasteiger partial charge on any atom is 0.133 e. The van der Waals surface area contributed by atoms with Crippen LogP contribution in [0.5, 0.6) is 5.75 Å². The number of ether oxygens (including phenoxy) is 1. The average molecular weight is 124 g/mol. The Morgan fingerprint density at radius 3 is 2.56 bits per heavy atom. The van der Waals surface area contributed by atoms with Crippen molar-refractivity contribution in [1.29, 1.82) is 0 Å². The molecule has 2 aliphatic heterocycles. The molecule has 46 valence electrons. The van der Waals surface area contributed by atoms with Crippen LogP contribution in [0.1, 0.15) is 5.56 Å². The van der Waals surface area contributed by atoms with Gasteiger partial charge >= 0.3 is 0 Å². The molecule has 9 heavy (non-hydrogen) atoms. The standard InChI is InChI=1S/C7H5FO/c8-7-3-6-2-1-5(7)4-9-6/h1-3H,4H2. The van der Waals surface area contributed by atoms with E-state index in [4.69, 9.17) is 4.74 Å². The maximum atomic E-state index is 12.6. The normalized spacial score (nSPS) is 13.4. The minimum Gasteiger partial charge on any atom is -0.489 e. The first-order valence-electron chi connectivity index (χ1n) is 2.77. The highest BCUT2D eigenvalue weighted by Crippen LogP contribution is 2.23. The summed E-state index contributed by atoms with van der Waals surface area (Å²) in [5.41, 5.74) is 0.644. The molecule has 0 N–H and O–H groups in total. The molecule has 2 heteroatoms. The van der Waals surface area contributed by atoms with Gasteiger partial charge in [-0.1, -0.05) is 0 Å². The molecule has 0 saturated heterocycles.